The lowest BCUT2D eigenvalue weighted by atomic mass is 10.0. The fourth-order valence-electron chi connectivity index (χ4n) is 1.30. The first-order chi connectivity index (χ1) is 6.25. The van der Waals surface area contributed by atoms with Crippen LogP contribution < -0.4 is 0 Å². The summed E-state index contributed by atoms with van der Waals surface area (Å²) in [5, 5.41) is 9.80. The predicted molar refractivity (Wildman–Crippen MR) is 58.6 cm³/mol. The Morgan fingerprint density at radius 1 is 1.38 bits per heavy atom. The second kappa shape index (κ2) is 5.40. The first-order valence-corrected chi connectivity index (χ1v) is 5.47. The molecule has 0 aliphatic carbocycles. The van der Waals surface area contributed by atoms with Crippen LogP contribution in [0.2, 0.25) is 0 Å². The second-order valence-electron chi connectivity index (χ2n) is 3.18. The highest BCUT2D eigenvalue weighted by Crippen LogP contribution is 2.26. The highest BCUT2D eigenvalue weighted by atomic mass is 79.9. The Morgan fingerprint density at radius 2 is 2.08 bits per heavy atom. The van der Waals surface area contributed by atoms with Crippen molar-refractivity contribution >= 4 is 15.9 Å². The zero-order valence-electron chi connectivity index (χ0n) is 7.83. The van der Waals surface area contributed by atoms with E-state index in [9.17, 15) is 5.11 Å². The van der Waals surface area contributed by atoms with Crippen molar-refractivity contribution < 1.29 is 5.11 Å². The molecule has 1 aromatic rings. The number of aliphatic hydroxyl groups is 1. The zero-order chi connectivity index (χ0) is 9.68. The molecule has 0 amide bonds. The Kier molecular flexibility index (Phi) is 4.46. The zero-order valence-corrected chi connectivity index (χ0v) is 9.42. The molecule has 1 aromatic carbocycles. The topological polar surface area (TPSA) is 20.2 Å². The average molecular weight is 243 g/mol. The third kappa shape index (κ3) is 3.12. The highest BCUT2D eigenvalue weighted by molar-refractivity contribution is 9.10. The average Bonchev–Trinajstić information content (AvgIpc) is 2.15. The molecule has 0 saturated carbocycles. The molecule has 13 heavy (non-hydrogen) atoms. The van der Waals surface area contributed by atoms with Crippen LogP contribution in [0.15, 0.2) is 28.7 Å². The first kappa shape index (κ1) is 10.7. The Balaban J connectivity index is 2.65. The number of hydrogen-bond donors (Lipinski definition) is 1. The van der Waals surface area contributed by atoms with Crippen molar-refractivity contribution in [2.75, 3.05) is 0 Å². The van der Waals surface area contributed by atoms with E-state index in [1.165, 1.54) is 0 Å². The van der Waals surface area contributed by atoms with Gasteiger partial charge in [-0.05, 0) is 18.1 Å². The lowest BCUT2D eigenvalue weighted by Gasteiger charge is -2.11. The van der Waals surface area contributed by atoms with Crippen LogP contribution in [0.3, 0.4) is 0 Å². The summed E-state index contributed by atoms with van der Waals surface area (Å²) in [6, 6.07) is 7.84. The van der Waals surface area contributed by atoms with Gasteiger partial charge in [0.1, 0.15) is 0 Å². The smallest absolute Gasteiger partial charge is 0.0800 e. The quantitative estimate of drug-likeness (QED) is 0.855. The van der Waals surface area contributed by atoms with Gasteiger partial charge in [0.15, 0.2) is 0 Å². The molecule has 72 valence electrons. The van der Waals surface area contributed by atoms with E-state index in [0.717, 1.165) is 29.3 Å². The summed E-state index contributed by atoms with van der Waals surface area (Å²) in [5.41, 5.74) is 0.996. The molecule has 0 fully saturated rings. The maximum atomic E-state index is 9.80. The van der Waals surface area contributed by atoms with Gasteiger partial charge >= 0.3 is 0 Å². The monoisotopic (exact) mass is 242 g/mol. The second-order valence-corrected chi connectivity index (χ2v) is 4.03. The Morgan fingerprint density at radius 3 is 2.69 bits per heavy atom. The van der Waals surface area contributed by atoms with Gasteiger partial charge < -0.3 is 5.11 Å². The molecule has 1 atom stereocenters. The van der Waals surface area contributed by atoms with Gasteiger partial charge in [0, 0.05) is 4.47 Å². The van der Waals surface area contributed by atoms with Crippen molar-refractivity contribution in [1.82, 2.24) is 0 Å². The van der Waals surface area contributed by atoms with E-state index in [4.69, 9.17) is 0 Å². The molecule has 0 bridgehead atoms. The fraction of sp³-hybridized carbons (Fsp3) is 0.455. The van der Waals surface area contributed by atoms with Crippen molar-refractivity contribution in [2.24, 2.45) is 0 Å². The lowest BCUT2D eigenvalue weighted by Crippen LogP contribution is -1.97. The van der Waals surface area contributed by atoms with E-state index in [1.54, 1.807) is 0 Å². The Bertz CT molecular complexity index is 260. The Hall–Kier alpha value is -0.340. The molecule has 1 N–H and O–H groups in total. The SMILES string of the molecule is CCCC[C@H](O)c1ccccc1Br. The number of halogens is 1. The molecule has 0 heterocycles. The molecule has 1 rings (SSSR count). The van der Waals surface area contributed by atoms with Crippen molar-refractivity contribution in [3.8, 4) is 0 Å². The van der Waals surface area contributed by atoms with Crippen molar-refractivity contribution in [3.63, 3.8) is 0 Å². The summed E-state index contributed by atoms with van der Waals surface area (Å²) in [6.07, 6.45) is 2.72. The molecule has 2 heteroatoms. The predicted octanol–water partition coefficient (Wildman–Crippen LogP) is 3.67. The van der Waals surface area contributed by atoms with Gasteiger partial charge in [-0.1, -0.05) is 53.9 Å². The summed E-state index contributed by atoms with van der Waals surface area (Å²) in [5.74, 6) is 0. The summed E-state index contributed by atoms with van der Waals surface area (Å²) < 4.78 is 0.999. The summed E-state index contributed by atoms with van der Waals surface area (Å²) in [4.78, 5) is 0. The lowest BCUT2D eigenvalue weighted by molar-refractivity contribution is 0.163. The van der Waals surface area contributed by atoms with Gasteiger partial charge in [0.05, 0.1) is 6.10 Å². The Labute approximate surface area is 87.9 Å². The molecule has 0 unspecified atom stereocenters. The van der Waals surface area contributed by atoms with Crippen LogP contribution in [0, 0.1) is 0 Å². The van der Waals surface area contributed by atoms with Crippen LogP contribution in [0.5, 0.6) is 0 Å². The molecule has 0 spiro atoms. The van der Waals surface area contributed by atoms with Gasteiger partial charge in [-0.25, -0.2) is 0 Å². The maximum Gasteiger partial charge on any atom is 0.0800 e. The largest absolute Gasteiger partial charge is 0.388 e. The van der Waals surface area contributed by atoms with Crippen LogP contribution in [0.25, 0.3) is 0 Å². The number of hydrogen-bond acceptors (Lipinski definition) is 1. The van der Waals surface area contributed by atoms with Crippen LogP contribution in [-0.2, 0) is 0 Å². The van der Waals surface area contributed by atoms with Gasteiger partial charge in [0.25, 0.3) is 0 Å². The van der Waals surface area contributed by atoms with Crippen LogP contribution in [0.4, 0.5) is 0 Å². The standard InChI is InChI=1S/C11H15BrO/c1-2-3-8-11(13)9-6-4-5-7-10(9)12/h4-7,11,13H,2-3,8H2,1H3/t11-/m0/s1. The van der Waals surface area contributed by atoms with Crippen molar-refractivity contribution in [2.45, 2.75) is 32.3 Å². The third-order valence-corrected chi connectivity index (χ3v) is 2.82. The number of unbranched alkanes of at least 4 members (excludes halogenated alkanes) is 1. The number of benzene rings is 1. The fourth-order valence-corrected chi connectivity index (χ4v) is 1.85. The maximum absolute atomic E-state index is 9.80. The molecule has 0 saturated heterocycles. The minimum Gasteiger partial charge on any atom is -0.388 e. The van der Waals surface area contributed by atoms with E-state index >= 15 is 0 Å². The summed E-state index contributed by atoms with van der Waals surface area (Å²) in [7, 11) is 0. The van der Waals surface area contributed by atoms with E-state index in [-0.39, 0.29) is 6.10 Å². The highest BCUT2D eigenvalue weighted by Gasteiger charge is 2.08. The van der Waals surface area contributed by atoms with Crippen molar-refractivity contribution in [3.05, 3.63) is 34.3 Å². The molecular formula is C11H15BrO. The van der Waals surface area contributed by atoms with Gasteiger partial charge in [-0.2, -0.15) is 0 Å². The molecule has 0 aliphatic rings. The third-order valence-electron chi connectivity index (χ3n) is 2.10. The summed E-state index contributed by atoms with van der Waals surface area (Å²) >= 11 is 3.43. The van der Waals surface area contributed by atoms with E-state index in [0.29, 0.717) is 0 Å². The first-order valence-electron chi connectivity index (χ1n) is 4.68. The molecule has 0 radical (unpaired) electrons. The van der Waals surface area contributed by atoms with E-state index < -0.39 is 0 Å². The van der Waals surface area contributed by atoms with Gasteiger partial charge in [-0.3, -0.25) is 0 Å². The molecule has 0 aliphatic heterocycles. The molecule has 1 nitrogen and oxygen atoms in total. The van der Waals surface area contributed by atoms with E-state index in [1.807, 2.05) is 24.3 Å². The number of aliphatic hydroxyl groups excluding tert-OH is 1. The van der Waals surface area contributed by atoms with Crippen LogP contribution in [-0.4, -0.2) is 5.11 Å². The minimum atomic E-state index is -0.324. The summed E-state index contributed by atoms with van der Waals surface area (Å²) in [6.45, 7) is 2.13. The van der Waals surface area contributed by atoms with Gasteiger partial charge in [-0.15, -0.1) is 0 Å². The van der Waals surface area contributed by atoms with Crippen LogP contribution in [0.1, 0.15) is 37.9 Å². The number of rotatable bonds is 4. The van der Waals surface area contributed by atoms with Gasteiger partial charge in [0.2, 0.25) is 0 Å². The normalized spacial score (nSPS) is 12.8. The van der Waals surface area contributed by atoms with Crippen molar-refractivity contribution in [1.29, 1.82) is 0 Å². The minimum absolute atomic E-state index is 0.324. The van der Waals surface area contributed by atoms with E-state index in [2.05, 4.69) is 22.9 Å². The van der Waals surface area contributed by atoms with Crippen LogP contribution >= 0.6 is 15.9 Å². The molecule has 0 aromatic heterocycles. The molecular weight excluding hydrogens is 228 g/mol.